The number of nitrogens with one attached hydrogen (secondary N) is 1. The molecule has 0 heterocycles. The molecule has 21 heavy (non-hydrogen) atoms. The summed E-state index contributed by atoms with van der Waals surface area (Å²) in [6.45, 7) is 1.98. The number of rotatable bonds is 5. The minimum absolute atomic E-state index is 0.0365. The molecule has 0 radical (unpaired) electrons. The second kappa shape index (κ2) is 7.09. The fourth-order valence-corrected chi connectivity index (χ4v) is 2.08. The van der Waals surface area contributed by atoms with E-state index in [-0.39, 0.29) is 11.5 Å². The highest BCUT2D eigenvalue weighted by Crippen LogP contribution is 2.17. The van der Waals surface area contributed by atoms with Crippen molar-refractivity contribution in [2.45, 2.75) is 13.3 Å². The average molecular weight is 346 g/mol. The average Bonchev–Trinajstić information content (AvgIpc) is 2.49. The van der Waals surface area contributed by atoms with Crippen molar-refractivity contribution in [2.24, 2.45) is 0 Å². The van der Waals surface area contributed by atoms with Crippen molar-refractivity contribution >= 4 is 27.4 Å². The van der Waals surface area contributed by atoms with Gasteiger partial charge in [-0.25, -0.2) is 0 Å². The maximum absolute atomic E-state index is 12.2. The van der Waals surface area contributed by atoms with Crippen molar-refractivity contribution in [1.29, 1.82) is 0 Å². The standard InChI is InChI=1S/C17H16BrNO2/c1-2-14(19-15-7-9-16(20)10-8-15)11-17(21)12-3-5-13(18)6-4-12/h3-11,19-20H,2H2,1H3. The van der Waals surface area contributed by atoms with E-state index in [1.54, 1.807) is 42.5 Å². The Labute approximate surface area is 132 Å². The van der Waals surface area contributed by atoms with Crippen LogP contribution in [0.3, 0.4) is 0 Å². The van der Waals surface area contributed by atoms with E-state index in [1.807, 2.05) is 19.1 Å². The predicted molar refractivity (Wildman–Crippen MR) is 88.6 cm³/mol. The molecule has 0 atom stereocenters. The molecule has 108 valence electrons. The van der Waals surface area contributed by atoms with Crippen LogP contribution in [0.2, 0.25) is 0 Å². The molecule has 2 N–H and O–H groups in total. The smallest absolute Gasteiger partial charge is 0.187 e. The molecule has 2 aromatic rings. The third-order valence-electron chi connectivity index (χ3n) is 2.99. The van der Waals surface area contributed by atoms with E-state index >= 15 is 0 Å². The molecule has 0 saturated heterocycles. The maximum atomic E-state index is 12.2. The molecule has 0 unspecified atom stereocenters. The summed E-state index contributed by atoms with van der Waals surface area (Å²) in [5, 5.41) is 12.5. The molecule has 2 rings (SSSR count). The quantitative estimate of drug-likeness (QED) is 0.467. The SMILES string of the molecule is CCC(=CC(=O)c1ccc(Br)cc1)Nc1ccc(O)cc1. The third-order valence-corrected chi connectivity index (χ3v) is 3.52. The first-order chi connectivity index (χ1) is 10.1. The zero-order chi connectivity index (χ0) is 15.2. The van der Waals surface area contributed by atoms with Gasteiger partial charge in [0.05, 0.1) is 0 Å². The number of hydrogen-bond donors (Lipinski definition) is 2. The summed E-state index contributed by atoms with van der Waals surface area (Å²) in [6, 6.07) is 14.0. The number of aromatic hydroxyl groups is 1. The molecule has 4 heteroatoms. The molecular formula is C17H16BrNO2. The van der Waals surface area contributed by atoms with Gasteiger partial charge >= 0.3 is 0 Å². The van der Waals surface area contributed by atoms with E-state index in [9.17, 15) is 9.90 Å². The minimum atomic E-state index is -0.0365. The molecule has 0 spiro atoms. The highest BCUT2D eigenvalue weighted by molar-refractivity contribution is 9.10. The minimum Gasteiger partial charge on any atom is -0.508 e. The summed E-state index contributed by atoms with van der Waals surface area (Å²) in [7, 11) is 0. The van der Waals surface area contributed by atoms with Gasteiger partial charge in [-0.1, -0.05) is 22.9 Å². The van der Waals surface area contributed by atoms with Gasteiger partial charge in [0.1, 0.15) is 5.75 Å². The second-order valence-corrected chi connectivity index (χ2v) is 5.48. The van der Waals surface area contributed by atoms with Crippen LogP contribution < -0.4 is 5.32 Å². The van der Waals surface area contributed by atoms with E-state index in [2.05, 4.69) is 21.2 Å². The van der Waals surface area contributed by atoms with Gasteiger partial charge in [0.2, 0.25) is 0 Å². The lowest BCUT2D eigenvalue weighted by Crippen LogP contribution is -2.03. The van der Waals surface area contributed by atoms with Crippen LogP contribution in [0.1, 0.15) is 23.7 Å². The van der Waals surface area contributed by atoms with Crippen molar-refractivity contribution in [3.63, 3.8) is 0 Å². The normalized spacial score (nSPS) is 11.2. The van der Waals surface area contributed by atoms with Gasteiger partial charge in [-0.3, -0.25) is 4.79 Å². The van der Waals surface area contributed by atoms with Crippen LogP contribution in [0.25, 0.3) is 0 Å². The van der Waals surface area contributed by atoms with Gasteiger partial charge in [-0.05, 0) is 55.0 Å². The van der Waals surface area contributed by atoms with E-state index < -0.39 is 0 Å². The molecule has 0 aliphatic rings. The Morgan fingerprint density at radius 2 is 1.76 bits per heavy atom. The molecule has 0 bridgehead atoms. The van der Waals surface area contributed by atoms with Crippen LogP contribution in [0.5, 0.6) is 5.75 Å². The lowest BCUT2D eigenvalue weighted by Gasteiger charge is -2.09. The van der Waals surface area contributed by atoms with Gasteiger partial charge in [0.25, 0.3) is 0 Å². The number of ketones is 1. The van der Waals surface area contributed by atoms with Crippen molar-refractivity contribution < 1.29 is 9.90 Å². The molecule has 0 saturated carbocycles. The van der Waals surface area contributed by atoms with E-state index in [1.165, 1.54) is 0 Å². The number of hydrogen-bond acceptors (Lipinski definition) is 3. The Morgan fingerprint density at radius 3 is 2.33 bits per heavy atom. The summed E-state index contributed by atoms with van der Waals surface area (Å²) in [5.74, 6) is 0.180. The first-order valence-electron chi connectivity index (χ1n) is 6.65. The number of anilines is 1. The van der Waals surface area contributed by atoms with E-state index in [0.717, 1.165) is 15.9 Å². The Kier molecular flexibility index (Phi) is 5.17. The highest BCUT2D eigenvalue weighted by Gasteiger charge is 2.05. The lowest BCUT2D eigenvalue weighted by atomic mass is 10.1. The monoisotopic (exact) mass is 345 g/mol. The molecule has 0 aliphatic carbocycles. The number of allylic oxidation sites excluding steroid dienone is 2. The Hall–Kier alpha value is -2.07. The number of phenolic OH excluding ortho intramolecular Hbond substituents is 1. The summed E-state index contributed by atoms with van der Waals surface area (Å²) < 4.78 is 0.945. The van der Waals surface area contributed by atoms with Gasteiger partial charge < -0.3 is 10.4 Å². The third kappa shape index (κ3) is 4.46. The molecular weight excluding hydrogens is 330 g/mol. The summed E-state index contributed by atoms with van der Waals surface area (Å²) in [4.78, 5) is 12.2. The highest BCUT2D eigenvalue weighted by atomic mass is 79.9. The molecule has 0 aromatic heterocycles. The van der Waals surface area contributed by atoms with Crippen molar-refractivity contribution in [1.82, 2.24) is 0 Å². The summed E-state index contributed by atoms with van der Waals surface area (Å²) in [5.41, 5.74) is 2.31. The first-order valence-corrected chi connectivity index (χ1v) is 7.44. The van der Waals surface area contributed by atoms with E-state index in [0.29, 0.717) is 12.0 Å². The van der Waals surface area contributed by atoms with Crippen LogP contribution in [0.15, 0.2) is 64.8 Å². The summed E-state index contributed by atoms with van der Waals surface area (Å²) in [6.07, 6.45) is 2.32. The molecule has 0 fully saturated rings. The fraction of sp³-hybridized carbons (Fsp3) is 0.118. The molecule has 3 nitrogen and oxygen atoms in total. The summed E-state index contributed by atoms with van der Waals surface area (Å²) >= 11 is 3.35. The van der Waals surface area contributed by atoms with E-state index in [4.69, 9.17) is 0 Å². The largest absolute Gasteiger partial charge is 0.508 e. The zero-order valence-corrected chi connectivity index (χ0v) is 13.2. The van der Waals surface area contributed by atoms with Crippen LogP contribution in [-0.2, 0) is 0 Å². The van der Waals surface area contributed by atoms with Gasteiger partial charge in [-0.2, -0.15) is 0 Å². The van der Waals surface area contributed by atoms with Crippen molar-refractivity contribution in [2.75, 3.05) is 5.32 Å². The molecule has 2 aromatic carbocycles. The number of carbonyl (C=O) groups is 1. The van der Waals surface area contributed by atoms with Crippen LogP contribution in [0.4, 0.5) is 5.69 Å². The fourth-order valence-electron chi connectivity index (χ4n) is 1.81. The number of carbonyl (C=O) groups excluding carboxylic acids is 1. The first kappa shape index (κ1) is 15.3. The molecule has 0 aliphatic heterocycles. The molecule has 0 amide bonds. The Bertz CT molecular complexity index is 645. The Balaban J connectivity index is 2.14. The predicted octanol–water partition coefficient (Wildman–Crippen LogP) is 4.74. The zero-order valence-electron chi connectivity index (χ0n) is 11.6. The van der Waals surface area contributed by atoms with Gasteiger partial charge in [-0.15, -0.1) is 0 Å². The van der Waals surface area contributed by atoms with Gasteiger partial charge in [0.15, 0.2) is 5.78 Å². The van der Waals surface area contributed by atoms with Crippen molar-refractivity contribution in [3.05, 3.63) is 70.3 Å². The van der Waals surface area contributed by atoms with Gasteiger partial charge in [0, 0.05) is 27.5 Å². The lowest BCUT2D eigenvalue weighted by molar-refractivity contribution is 0.104. The van der Waals surface area contributed by atoms with Crippen molar-refractivity contribution in [3.8, 4) is 5.75 Å². The topological polar surface area (TPSA) is 49.3 Å². The van der Waals surface area contributed by atoms with Crippen LogP contribution >= 0.6 is 15.9 Å². The number of phenols is 1. The second-order valence-electron chi connectivity index (χ2n) is 4.57. The number of halogens is 1. The maximum Gasteiger partial charge on any atom is 0.187 e. The number of benzene rings is 2. The van der Waals surface area contributed by atoms with Crippen LogP contribution in [0, 0.1) is 0 Å². The van der Waals surface area contributed by atoms with Crippen LogP contribution in [-0.4, -0.2) is 10.9 Å². The Morgan fingerprint density at radius 1 is 1.14 bits per heavy atom.